The number of ether oxygens (including phenoxy) is 2. The molecule has 0 aliphatic carbocycles. The molecule has 27 heavy (non-hydrogen) atoms. The fourth-order valence-electron chi connectivity index (χ4n) is 2.44. The molecule has 2 aromatic rings. The lowest BCUT2D eigenvalue weighted by atomic mass is 10.1. The van der Waals surface area contributed by atoms with E-state index < -0.39 is 11.8 Å². The van der Waals surface area contributed by atoms with Crippen LogP contribution in [0.2, 0.25) is 0 Å². The summed E-state index contributed by atoms with van der Waals surface area (Å²) in [5, 5.41) is 0. The van der Waals surface area contributed by atoms with Gasteiger partial charge in [0.1, 0.15) is 11.5 Å². The highest BCUT2D eigenvalue weighted by Crippen LogP contribution is 2.16. The van der Waals surface area contributed by atoms with E-state index in [9.17, 15) is 9.59 Å². The van der Waals surface area contributed by atoms with E-state index in [-0.39, 0.29) is 6.61 Å². The third kappa shape index (κ3) is 7.01. The summed E-state index contributed by atoms with van der Waals surface area (Å²) in [4.78, 5) is 23.9. The van der Waals surface area contributed by atoms with Crippen molar-refractivity contribution in [1.82, 2.24) is 10.9 Å². The molecule has 2 rings (SSSR count). The lowest BCUT2D eigenvalue weighted by Gasteiger charge is -2.10. The number of carbonyl (C=O) groups is 2. The first-order chi connectivity index (χ1) is 13.0. The molecule has 0 unspecified atom stereocenters. The van der Waals surface area contributed by atoms with Crippen LogP contribution in [-0.4, -0.2) is 25.0 Å². The summed E-state index contributed by atoms with van der Waals surface area (Å²) in [5.74, 6) is 0.482. The quantitative estimate of drug-likeness (QED) is 0.552. The monoisotopic (exact) mass is 370 g/mol. The molecule has 0 aliphatic rings. The van der Waals surface area contributed by atoms with Crippen molar-refractivity contribution in [2.75, 3.05) is 13.2 Å². The number of carbonyl (C=O) groups excluding carboxylic acids is 2. The van der Waals surface area contributed by atoms with Crippen molar-refractivity contribution in [1.29, 1.82) is 0 Å². The molecule has 0 aromatic heterocycles. The largest absolute Gasteiger partial charge is 0.494 e. The standard InChI is InChI=1S/C21H26N2O4/c1-4-5-10-26-18-8-6-17(7-9-18)21(25)23-22-20(24)14-27-19-12-15(2)11-16(3)13-19/h6-9,11-13H,4-5,10,14H2,1-3H3,(H,22,24)(H,23,25). The molecule has 0 heterocycles. The highest BCUT2D eigenvalue weighted by molar-refractivity contribution is 5.95. The van der Waals surface area contributed by atoms with Gasteiger partial charge < -0.3 is 9.47 Å². The Balaban J connectivity index is 1.76. The minimum absolute atomic E-state index is 0.187. The molecule has 6 nitrogen and oxygen atoms in total. The van der Waals surface area contributed by atoms with E-state index in [1.54, 1.807) is 24.3 Å². The van der Waals surface area contributed by atoms with Crippen molar-refractivity contribution in [3.63, 3.8) is 0 Å². The lowest BCUT2D eigenvalue weighted by Crippen LogP contribution is -2.43. The number of rotatable bonds is 8. The summed E-state index contributed by atoms with van der Waals surface area (Å²) in [5.41, 5.74) is 7.25. The van der Waals surface area contributed by atoms with Crippen molar-refractivity contribution in [2.24, 2.45) is 0 Å². The first-order valence-corrected chi connectivity index (χ1v) is 9.01. The van der Waals surface area contributed by atoms with Gasteiger partial charge in [-0.3, -0.25) is 20.4 Å². The highest BCUT2D eigenvalue weighted by atomic mass is 16.5. The third-order valence-corrected chi connectivity index (χ3v) is 3.76. The summed E-state index contributed by atoms with van der Waals surface area (Å²) in [7, 11) is 0. The van der Waals surface area contributed by atoms with Gasteiger partial charge in [0.2, 0.25) is 0 Å². The Morgan fingerprint density at radius 3 is 2.19 bits per heavy atom. The van der Waals surface area contributed by atoms with Gasteiger partial charge in [0.05, 0.1) is 6.61 Å². The van der Waals surface area contributed by atoms with Crippen molar-refractivity contribution in [2.45, 2.75) is 33.6 Å². The summed E-state index contributed by atoms with van der Waals surface area (Å²) < 4.78 is 11.0. The molecule has 0 saturated heterocycles. The number of hydrogen-bond donors (Lipinski definition) is 2. The highest BCUT2D eigenvalue weighted by Gasteiger charge is 2.08. The van der Waals surface area contributed by atoms with Crippen LogP contribution in [0.4, 0.5) is 0 Å². The van der Waals surface area contributed by atoms with E-state index >= 15 is 0 Å². The maximum Gasteiger partial charge on any atom is 0.276 e. The second-order valence-electron chi connectivity index (χ2n) is 6.34. The minimum Gasteiger partial charge on any atom is -0.494 e. The Morgan fingerprint density at radius 2 is 1.56 bits per heavy atom. The zero-order chi connectivity index (χ0) is 19.6. The molecule has 0 aliphatic heterocycles. The molecule has 0 fully saturated rings. The Morgan fingerprint density at radius 1 is 0.889 bits per heavy atom. The van der Waals surface area contributed by atoms with Crippen LogP contribution in [0.3, 0.4) is 0 Å². The van der Waals surface area contributed by atoms with Gasteiger partial charge in [-0.2, -0.15) is 0 Å². The minimum atomic E-state index is -0.443. The van der Waals surface area contributed by atoms with E-state index in [0.717, 1.165) is 24.0 Å². The van der Waals surface area contributed by atoms with Gasteiger partial charge in [-0.25, -0.2) is 0 Å². The summed E-state index contributed by atoms with van der Waals surface area (Å²) in [6.07, 6.45) is 2.05. The summed E-state index contributed by atoms with van der Waals surface area (Å²) >= 11 is 0. The van der Waals surface area contributed by atoms with E-state index in [2.05, 4.69) is 17.8 Å². The number of nitrogens with one attached hydrogen (secondary N) is 2. The number of hydrazine groups is 1. The summed E-state index contributed by atoms with van der Waals surface area (Å²) in [6.45, 7) is 6.48. The molecule has 6 heteroatoms. The first-order valence-electron chi connectivity index (χ1n) is 9.01. The van der Waals surface area contributed by atoms with Gasteiger partial charge in [-0.05, 0) is 67.8 Å². The molecule has 144 valence electrons. The fraction of sp³-hybridized carbons (Fsp3) is 0.333. The average molecular weight is 370 g/mol. The van der Waals surface area contributed by atoms with Gasteiger partial charge in [-0.1, -0.05) is 19.4 Å². The Kier molecular flexibility index (Phi) is 7.67. The van der Waals surface area contributed by atoms with Crippen LogP contribution in [-0.2, 0) is 4.79 Å². The van der Waals surface area contributed by atoms with E-state index in [1.807, 2.05) is 32.0 Å². The molecule has 0 spiro atoms. The second-order valence-corrected chi connectivity index (χ2v) is 6.34. The van der Waals surface area contributed by atoms with Crippen molar-refractivity contribution >= 4 is 11.8 Å². The fourth-order valence-corrected chi connectivity index (χ4v) is 2.44. The number of amides is 2. The van der Waals surface area contributed by atoms with E-state index in [4.69, 9.17) is 9.47 Å². The maximum absolute atomic E-state index is 12.1. The predicted molar refractivity (Wildman–Crippen MR) is 104 cm³/mol. The van der Waals surface area contributed by atoms with Crippen LogP contribution in [0.15, 0.2) is 42.5 Å². The number of benzene rings is 2. The third-order valence-electron chi connectivity index (χ3n) is 3.76. The smallest absolute Gasteiger partial charge is 0.276 e. The van der Waals surface area contributed by atoms with E-state index in [1.165, 1.54) is 0 Å². The molecule has 0 bridgehead atoms. The first kappa shape index (κ1) is 20.3. The molecule has 2 amide bonds. The van der Waals surface area contributed by atoms with Crippen LogP contribution < -0.4 is 20.3 Å². The van der Waals surface area contributed by atoms with Crippen LogP contribution in [0, 0.1) is 13.8 Å². The van der Waals surface area contributed by atoms with Crippen molar-refractivity contribution in [3.8, 4) is 11.5 Å². The summed E-state index contributed by atoms with van der Waals surface area (Å²) in [6, 6.07) is 12.5. The van der Waals surface area contributed by atoms with Gasteiger partial charge in [0, 0.05) is 5.56 Å². The lowest BCUT2D eigenvalue weighted by molar-refractivity contribution is -0.123. The van der Waals surface area contributed by atoms with Crippen LogP contribution >= 0.6 is 0 Å². The molecular formula is C21H26N2O4. The number of hydrogen-bond acceptors (Lipinski definition) is 4. The maximum atomic E-state index is 12.1. The number of aryl methyl sites for hydroxylation is 2. The molecule has 0 saturated carbocycles. The van der Waals surface area contributed by atoms with Crippen molar-refractivity contribution < 1.29 is 19.1 Å². The van der Waals surface area contributed by atoms with Crippen molar-refractivity contribution in [3.05, 3.63) is 59.2 Å². The Bertz CT molecular complexity index is 752. The van der Waals surface area contributed by atoms with E-state index in [0.29, 0.717) is 23.7 Å². The molecule has 0 atom stereocenters. The molecular weight excluding hydrogens is 344 g/mol. The second kappa shape index (κ2) is 10.2. The van der Waals surface area contributed by atoms with Crippen LogP contribution in [0.5, 0.6) is 11.5 Å². The normalized spacial score (nSPS) is 10.2. The topological polar surface area (TPSA) is 76.7 Å². The Hall–Kier alpha value is -3.02. The van der Waals surface area contributed by atoms with Crippen LogP contribution in [0.25, 0.3) is 0 Å². The zero-order valence-electron chi connectivity index (χ0n) is 16.0. The molecule has 2 N–H and O–H groups in total. The zero-order valence-corrected chi connectivity index (χ0v) is 16.0. The van der Waals surface area contributed by atoms with Gasteiger partial charge in [0.25, 0.3) is 11.8 Å². The predicted octanol–water partition coefficient (Wildman–Crippen LogP) is 3.32. The van der Waals surface area contributed by atoms with Gasteiger partial charge >= 0.3 is 0 Å². The molecule has 2 aromatic carbocycles. The molecule has 0 radical (unpaired) electrons. The Labute approximate surface area is 159 Å². The average Bonchev–Trinajstić information content (AvgIpc) is 2.64. The number of unbranched alkanes of at least 4 members (excludes halogenated alkanes) is 1. The van der Waals surface area contributed by atoms with Gasteiger partial charge in [-0.15, -0.1) is 0 Å². The van der Waals surface area contributed by atoms with Crippen LogP contribution in [0.1, 0.15) is 41.3 Å². The van der Waals surface area contributed by atoms with Gasteiger partial charge in [0.15, 0.2) is 6.61 Å². The SMILES string of the molecule is CCCCOc1ccc(C(=O)NNC(=O)COc2cc(C)cc(C)c2)cc1.